The molecular formula is C25H21F2N5O3. The van der Waals surface area contributed by atoms with E-state index in [4.69, 9.17) is 0 Å². The number of hydrogen-bond acceptors (Lipinski definition) is 6. The van der Waals surface area contributed by atoms with Crippen molar-refractivity contribution < 1.29 is 13.7 Å². The van der Waals surface area contributed by atoms with Crippen LogP contribution < -0.4 is 10.5 Å². The Morgan fingerprint density at radius 3 is 2.34 bits per heavy atom. The summed E-state index contributed by atoms with van der Waals surface area (Å²) in [5, 5.41) is 11.3. The van der Waals surface area contributed by atoms with Gasteiger partial charge in [-0.1, -0.05) is 12.1 Å². The van der Waals surface area contributed by atoms with Crippen molar-refractivity contribution in [3.05, 3.63) is 105 Å². The molecule has 35 heavy (non-hydrogen) atoms. The van der Waals surface area contributed by atoms with Crippen LogP contribution in [0.1, 0.15) is 5.82 Å². The third kappa shape index (κ3) is 4.47. The zero-order valence-electron chi connectivity index (χ0n) is 18.6. The molecule has 10 heteroatoms. The molecule has 4 aromatic rings. The Kier molecular flexibility index (Phi) is 5.96. The number of fused-ring (bicyclic) bond motifs is 1. The van der Waals surface area contributed by atoms with Gasteiger partial charge in [-0.25, -0.2) is 13.8 Å². The summed E-state index contributed by atoms with van der Waals surface area (Å²) in [7, 11) is 0. The molecule has 0 aliphatic carbocycles. The normalized spacial score (nSPS) is 14.4. The molecule has 1 aliphatic heterocycles. The maximum Gasteiger partial charge on any atom is 0.270 e. The van der Waals surface area contributed by atoms with Gasteiger partial charge in [-0.2, -0.15) is 0 Å². The van der Waals surface area contributed by atoms with Crippen LogP contribution in [-0.4, -0.2) is 45.6 Å². The van der Waals surface area contributed by atoms with Crippen LogP contribution >= 0.6 is 0 Å². The number of para-hydroxylation sites is 1. The number of non-ortho nitro benzene ring substituents is 1. The topological polar surface area (TPSA) is 84.5 Å². The van der Waals surface area contributed by atoms with Gasteiger partial charge in [-0.3, -0.25) is 24.4 Å². The first-order valence-corrected chi connectivity index (χ1v) is 11.1. The van der Waals surface area contributed by atoms with E-state index in [0.29, 0.717) is 37.5 Å². The van der Waals surface area contributed by atoms with Crippen LogP contribution in [-0.2, 0) is 6.54 Å². The summed E-state index contributed by atoms with van der Waals surface area (Å²) in [5.74, 6) is -0.536. The molecule has 2 heterocycles. The van der Waals surface area contributed by atoms with Crippen LogP contribution in [0.5, 0.6) is 0 Å². The SMILES string of the molecule is O=c1c2cc([N+](=O)[O-])ccc2nc(CN2CCN(c3ccc(F)cc3)CC2)n1-c1ccccc1F. The zero-order valence-corrected chi connectivity index (χ0v) is 18.6. The van der Waals surface area contributed by atoms with Crippen molar-refractivity contribution in [2.75, 3.05) is 31.1 Å². The Bertz CT molecular complexity index is 1460. The van der Waals surface area contributed by atoms with Gasteiger partial charge in [0, 0.05) is 44.0 Å². The highest BCUT2D eigenvalue weighted by Gasteiger charge is 2.22. The Morgan fingerprint density at radius 1 is 0.943 bits per heavy atom. The summed E-state index contributed by atoms with van der Waals surface area (Å²) < 4.78 is 29.2. The summed E-state index contributed by atoms with van der Waals surface area (Å²) in [4.78, 5) is 33.0. The molecule has 0 radical (unpaired) electrons. The fourth-order valence-corrected chi connectivity index (χ4v) is 4.34. The Labute approximate surface area is 198 Å². The van der Waals surface area contributed by atoms with E-state index in [9.17, 15) is 23.7 Å². The van der Waals surface area contributed by atoms with E-state index in [1.807, 2.05) is 0 Å². The van der Waals surface area contributed by atoms with Gasteiger partial charge in [-0.05, 0) is 42.5 Å². The average molecular weight is 477 g/mol. The Morgan fingerprint density at radius 2 is 1.66 bits per heavy atom. The second-order valence-corrected chi connectivity index (χ2v) is 8.32. The van der Waals surface area contributed by atoms with Crippen LogP contribution in [0.25, 0.3) is 16.6 Å². The summed E-state index contributed by atoms with van der Waals surface area (Å²) in [6.45, 7) is 2.98. The predicted octanol–water partition coefficient (Wildman–Crippen LogP) is 3.89. The third-order valence-electron chi connectivity index (χ3n) is 6.15. The van der Waals surface area contributed by atoms with Crippen LogP contribution in [0.3, 0.4) is 0 Å². The van der Waals surface area contributed by atoms with Gasteiger partial charge < -0.3 is 4.90 Å². The number of halogens is 2. The van der Waals surface area contributed by atoms with E-state index in [-0.39, 0.29) is 29.1 Å². The van der Waals surface area contributed by atoms with Gasteiger partial charge in [0.25, 0.3) is 11.2 Å². The maximum absolute atomic E-state index is 14.7. The van der Waals surface area contributed by atoms with E-state index < -0.39 is 16.3 Å². The first kappa shape index (κ1) is 22.6. The quantitative estimate of drug-likeness (QED) is 0.320. The molecule has 0 unspecified atom stereocenters. The minimum atomic E-state index is -0.594. The van der Waals surface area contributed by atoms with Gasteiger partial charge >= 0.3 is 0 Å². The number of nitrogens with zero attached hydrogens (tertiary/aromatic N) is 5. The zero-order chi connectivity index (χ0) is 24.5. The molecular weight excluding hydrogens is 456 g/mol. The van der Waals surface area contributed by atoms with E-state index in [1.54, 1.807) is 18.2 Å². The number of hydrogen-bond donors (Lipinski definition) is 0. The largest absolute Gasteiger partial charge is 0.369 e. The predicted molar refractivity (Wildman–Crippen MR) is 128 cm³/mol. The monoisotopic (exact) mass is 477 g/mol. The fraction of sp³-hybridized carbons (Fsp3) is 0.200. The number of rotatable bonds is 5. The molecule has 0 N–H and O–H groups in total. The number of anilines is 1. The van der Waals surface area contributed by atoms with Crippen LogP contribution in [0, 0.1) is 21.7 Å². The van der Waals surface area contributed by atoms with Crippen molar-refractivity contribution in [1.82, 2.24) is 14.5 Å². The van der Waals surface area contributed by atoms with Crippen molar-refractivity contribution in [2.24, 2.45) is 0 Å². The standard InChI is InChI=1S/C25H21F2N5O3/c26-17-5-7-18(8-6-17)30-13-11-29(12-14-30)16-24-28-22-10-9-19(32(34)35)15-20(22)25(33)31(24)23-4-2-1-3-21(23)27/h1-10,15H,11-14,16H2. The van der Waals surface area contributed by atoms with Crippen LogP contribution in [0.2, 0.25) is 0 Å². The number of nitro benzene ring substituents is 1. The number of piperazine rings is 1. The first-order valence-electron chi connectivity index (χ1n) is 11.1. The molecule has 0 atom stereocenters. The highest BCUT2D eigenvalue weighted by molar-refractivity contribution is 5.80. The second-order valence-electron chi connectivity index (χ2n) is 8.32. The molecule has 0 amide bonds. The van der Waals surface area contributed by atoms with E-state index in [1.165, 1.54) is 53.1 Å². The number of benzene rings is 3. The molecule has 0 saturated carbocycles. The van der Waals surface area contributed by atoms with Crippen molar-refractivity contribution >= 4 is 22.3 Å². The maximum atomic E-state index is 14.7. The van der Waals surface area contributed by atoms with Crippen molar-refractivity contribution in [2.45, 2.75) is 6.54 Å². The van der Waals surface area contributed by atoms with E-state index >= 15 is 0 Å². The number of nitro groups is 1. The molecule has 3 aromatic carbocycles. The lowest BCUT2D eigenvalue weighted by Gasteiger charge is -2.36. The molecule has 1 aliphatic rings. The van der Waals surface area contributed by atoms with Crippen LogP contribution in [0.15, 0.2) is 71.5 Å². The van der Waals surface area contributed by atoms with E-state index in [2.05, 4.69) is 14.8 Å². The van der Waals surface area contributed by atoms with Gasteiger partial charge in [0.2, 0.25) is 0 Å². The summed E-state index contributed by atoms with van der Waals surface area (Å²) in [6, 6.07) is 16.1. The lowest BCUT2D eigenvalue weighted by Crippen LogP contribution is -2.46. The lowest BCUT2D eigenvalue weighted by molar-refractivity contribution is -0.384. The molecule has 0 bridgehead atoms. The smallest absolute Gasteiger partial charge is 0.270 e. The molecule has 0 spiro atoms. The van der Waals surface area contributed by atoms with Crippen LogP contribution in [0.4, 0.5) is 20.2 Å². The first-order chi connectivity index (χ1) is 16.9. The minimum Gasteiger partial charge on any atom is -0.369 e. The summed E-state index contributed by atoms with van der Waals surface area (Å²) in [6.07, 6.45) is 0. The Balaban J connectivity index is 1.49. The molecule has 178 valence electrons. The van der Waals surface area contributed by atoms with Gasteiger partial charge in [0.05, 0.1) is 28.1 Å². The molecule has 1 aromatic heterocycles. The third-order valence-corrected chi connectivity index (χ3v) is 6.15. The highest BCUT2D eigenvalue weighted by Crippen LogP contribution is 2.22. The average Bonchev–Trinajstić information content (AvgIpc) is 2.86. The second kappa shape index (κ2) is 9.22. The Hall–Kier alpha value is -4.18. The van der Waals surface area contributed by atoms with Crippen molar-refractivity contribution in [3.63, 3.8) is 0 Å². The minimum absolute atomic E-state index is 0.0401. The molecule has 1 saturated heterocycles. The summed E-state index contributed by atoms with van der Waals surface area (Å²) in [5.41, 5.74) is 0.483. The van der Waals surface area contributed by atoms with Crippen molar-refractivity contribution in [3.8, 4) is 5.69 Å². The highest BCUT2D eigenvalue weighted by atomic mass is 19.1. The van der Waals surface area contributed by atoms with Gasteiger partial charge in [0.15, 0.2) is 0 Å². The summed E-state index contributed by atoms with van der Waals surface area (Å²) >= 11 is 0. The van der Waals surface area contributed by atoms with Crippen molar-refractivity contribution in [1.29, 1.82) is 0 Å². The molecule has 1 fully saturated rings. The fourth-order valence-electron chi connectivity index (χ4n) is 4.34. The lowest BCUT2D eigenvalue weighted by atomic mass is 10.2. The van der Waals surface area contributed by atoms with E-state index in [0.717, 1.165) is 5.69 Å². The number of aromatic nitrogens is 2. The molecule has 8 nitrogen and oxygen atoms in total. The molecule has 5 rings (SSSR count). The van der Waals surface area contributed by atoms with Gasteiger partial charge in [-0.15, -0.1) is 0 Å². The van der Waals surface area contributed by atoms with Gasteiger partial charge in [0.1, 0.15) is 17.5 Å².